The molecule has 2 aromatic carbocycles. The molecule has 0 radical (unpaired) electrons. The maximum absolute atomic E-state index is 6.20. The highest BCUT2D eigenvalue weighted by molar-refractivity contribution is 7.99. The summed E-state index contributed by atoms with van der Waals surface area (Å²) in [6.45, 7) is 6.40. The van der Waals surface area contributed by atoms with E-state index in [1.807, 2.05) is 24.3 Å². The van der Waals surface area contributed by atoms with Crippen LogP contribution < -0.4 is 11.3 Å². The third kappa shape index (κ3) is 4.01. The topological polar surface area (TPSA) is 38.0 Å². The minimum absolute atomic E-state index is 0.102. The fraction of sp³-hybridized carbons (Fsp3) is 0.294. The number of hydrogen-bond acceptors (Lipinski definition) is 3. The van der Waals surface area contributed by atoms with Crippen molar-refractivity contribution < 1.29 is 0 Å². The molecule has 21 heavy (non-hydrogen) atoms. The Morgan fingerprint density at radius 3 is 2.43 bits per heavy atom. The first-order valence-electron chi connectivity index (χ1n) is 6.94. The number of aryl methyl sites for hydroxylation is 3. The molecule has 0 amide bonds. The van der Waals surface area contributed by atoms with Crippen LogP contribution in [0.3, 0.4) is 0 Å². The van der Waals surface area contributed by atoms with Crippen LogP contribution in [0.2, 0.25) is 5.02 Å². The van der Waals surface area contributed by atoms with E-state index in [1.165, 1.54) is 22.3 Å². The van der Waals surface area contributed by atoms with Gasteiger partial charge in [-0.1, -0.05) is 35.9 Å². The van der Waals surface area contributed by atoms with Crippen LogP contribution in [0.4, 0.5) is 0 Å². The van der Waals surface area contributed by atoms with E-state index in [0.29, 0.717) is 0 Å². The van der Waals surface area contributed by atoms with Crippen LogP contribution in [0.15, 0.2) is 41.3 Å². The zero-order valence-corrected chi connectivity index (χ0v) is 14.2. The Morgan fingerprint density at radius 2 is 1.76 bits per heavy atom. The molecule has 0 aliphatic rings. The van der Waals surface area contributed by atoms with Crippen molar-refractivity contribution in [2.24, 2.45) is 5.84 Å². The molecule has 2 nitrogen and oxygen atoms in total. The number of thioether (sulfide) groups is 1. The lowest BCUT2D eigenvalue weighted by atomic mass is 9.97. The van der Waals surface area contributed by atoms with Crippen molar-refractivity contribution in [3.05, 3.63) is 63.7 Å². The third-order valence-corrected chi connectivity index (χ3v) is 5.31. The summed E-state index contributed by atoms with van der Waals surface area (Å²) in [4.78, 5) is 1.08. The first-order valence-corrected chi connectivity index (χ1v) is 8.30. The van der Waals surface area contributed by atoms with E-state index in [0.717, 1.165) is 15.7 Å². The molecule has 2 aromatic rings. The van der Waals surface area contributed by atoms with Gasteiger partial charge in [0.25, 0.3) is 0 Å². The number of hydrogen-bond donors (Lipinski definition) is 2. The third-order valence-electron chi connectivity index (χ3n) is 3.70. The SMILES string of the molecule is Cc1cc(C)c(C(CSc2ccccc2Cl)NN)cc1C. The zero-order chi connectivity index (χ0) is 15.4. The Morgan fingerprint density at radius 1 is 1.10 bits per heavy atom. The van der Waals surface area contributed by atoms with Crippen LogP contribution in [0, 0.1) is 20.8 Å². The summed E-state index contributed by atoms with van der Waals surface area (Å²) in [6, 6.07) is 12.4. The molecule has 0 spiro atoms. The quantitative estimate of drug-likeness (QED) is 0.482. The molecule has 112 valence electrons. The van der Waals surface area contributed by atoms with Gasteiger partial charge in [-0.2, -0.15) is 0 Å². The standard InChI is InChI=1S/C17H21ClN2S/c1-11-8-13(3)14(9-12(11)2)16(20-19)10-21-17-7-5-4-6-15(17)18/h4-9,16,20H,10,19H2,1-3H3. The van der Waals surface area contributed by atoms with Crippen LogP contribution in [0.5, 0.6) is 0 Å². The first-order chi connectivity index (χ1) is 10.0. The second kappa shape index (κ2) is 7.32. The molecule has 1 atom stereocenters. The molecule has 0 heterocycles. The summed E-state index contributed by atoms with van der Waals surface area (Å²) < 4.78 is 0. The average molecular weight is 321 g/mol. The maximum atomic E-state index is 6.20. The monoisotopic (exact) mass is 320 g/mol. The van der Waals surface area contributed by atoms with E-state index in [2.05, 4.69) is 38.3 Å². The van der Waals surface area contributed by atoms with E-state index >= 15 is 0 Å². The number of rotatable bonds is 5. The van der Waals surface area contributed by atoms with Gasteiger partial charge in [-0.3, -0.25) is 11.3 Å². The highest BCUT2D eigenvalue weighted by atomic mass is 35.5. The first kappa shape index (κ1) is 16.4. The predicted octanol–water partition coefficient (Wildman–Crippen LogP) is 4.56. The smallest absolute Gasteiger partial charge is 0.0556 e. The van der Waals surface area contributed by atoms with Gasteiger partial charge in [0.1, 0.15) is 0 Å². The Hall–Kier alpha value is -1.00. The minimum Gasteiger partial charge on any atom is -0.271 e. The molecule has 0 aromatic heterocycles. The number of benzene rings is 2. The number of nitrogens with one attached hydrogen (secondary N) is 1. The fourth-order valence-electron chi connectivity index (χ4n) is 2.32. The van der Waals surface area contributed by atoms with Crippen molar-refractivity contribution in [1.82, 2.24) is 5.43 Å². The van der Waals surface area contributed by atoms with Gasteiger partial charge in [0.15, 0.2) is 0 Å². The Balaban J connectivity index is 2.17. The lowest BCUT2D eigenvalue weighted by molar-refractivity contribution is 0.607. The second-order valence-electron chi connectivity index (χ2n) is 5.25. The molecule has 0 saturated heterocycles. The average Bonchev–Trinajstić information content (AvgIpc) is 2.46. The molecule has 1 unspecified atom stereocenters. The highest BCUT2D eigenvalue weighted by Crippen LogP contribution is 2.31. The Bertz CT molecular complexity index is 628. The highest BCUT2D eigenvalue weighted by Gasteiger charge is 2.14. The van der Waals surface area contributed by atoms with E-state index in [1.54, 1.807) is 11.8 Å². The summed E-state index contributed by atoms with van der Waals surface area (Å²) >= 11 is 7.92. The van der Waals surface area contributed by atoms with Gasteiger partial charge in [0, 0.05) is 10.6 Å². The van der Waals surface area contributed by atoms with E-state index < -0.39 is 0 Å². The van der Waals surface area contributed by atoms with E-state index in [-0.39, 0.29) is 6.04 Å². The molecule has 3 N–H and O–H groups in total. The summed E-state index contributed by atoms with van der Waals surface area (Å²) in [5.74, 6) is 6.60. The minimum atomic E-state index is 0.102. The van der Waals surface area contributed by atoms with Crippen molar-refractivity contribution >= 4 is 23.4 Å². The Kier molecular flexibility index (Phi) is 5.71. The van der Waals surface area contributed by atoms with Gasteiger partial charge in [0.05, 0.1) is 11.1 Å². The molecule has 4 heteroatoms. The van der Waals surface area contributed by atoms with Crippen LogP contribution in [0.1, 0.15) is 28.3 Å². The van der Waals surface area contributed by atoms with Gasteiger partial charge in [0.2, 0.25) is 0 Å². The summed E-state index contributed by atoms with van der Waals surface area (Å²) in [5, 5.41) is 0.787. The summed E-state index contributed by atoms with van der Waals surface area (Å²) in [7, 11) is 0. The van der Waals surface area contributed by atoms with Gasteiger partial charge < -0.3 is 0 Å². The van der Waals surface area contributed by atoms with Gasteiger partial charge in [-0.05, 0) is 55.2 Å². The fourth-order valence-corrected chi connectivity index (χ4v) is 3.62. The predicted molar refractivity (Wildman–Crippen MR) is 92.9 cm³/mol. The molecule has 0 saturated carbocycles. The van der Waals surface area contributed by atoms with E-state index in [9.17, 15) is 0 Å². The van der Waals surface area contributed by atoms with Crippen molar-refractivity contribution in [3.63, 3.8) is 0 Å². The lowest BCUT2D eigenvalue weighted by Gasteiger charge is -2.20. The second-order valence-corrected chi connectivity index (χ2v) is 6.72. The van der Waals surface area contributed by atoms with Gasteiger partial charge >= 0.3 is 0 Å². The van der Waals surface area contributed by atoms with Crippen LogP contribution in [0.25, 0.3) is 0 Å². The molecule has 0 bridgehead atoms. The normalized spacial score (nSPS) is 12.4. The summed E-state index contributed by atoms with van der Waals surface area (Å²) in [6.07, 6.45) is 0. The van der Waals surface area contributed by atoms with Crippen molar-refractivity contribution in [2.45, 2.75) is 31.7 Å². The number of halogens is 1. The zero-order valence-electron chi connectivity index (χ0n) is 12.6. The summed E-state index contributed by atoms with van der Waals surface area (Å²) in [5.41, 5.74) is 8.05. The number of nitrogens with two attached hydrogens (primary N) is 1. The molecule has 0 aliphatic carbocycles. The van der Waals surface area contributed by atoms with Crippen molar-refractivity contribution in [2.75, 3.05) is 5.75 Å². The molecular formula is C17H21ClN2S. The van der Waals surface area contributed by atoms with Crippen LogP contribution in [-0.4, -0.2) is 5.75 Å². The van der Waals surface area contributed by atoms with Crippen molar-refractivity contribution in [3.8, 4) is 0 Å². The molecular weight excluding hydrogens is 300 g/mol. The maximum Gasteiger partial charge on any atom is 0.0556 e. The largest absolute Gasteiger partial charge is 0.271 e. The van der Waals surface area contributed by atoms with Gasteiger partial charge in [-0.15, -0.1) is 11.8 Å². The molecule has 2 rings (SSSR count). The van der Waals surface area contributed by atoms with Crippen LogP contribution in [-0.2, 0) is 0 Å². The van der Waals surface area contributed by atoms with E-state index in [4.69, 9.17) is 17.4 Å². The van der Waals surface area contributed by atoms with Gasteiger partial charge in [-0.25, -0.2) is 0 Å². The van der Waals surface area contributed by atoms with Crippen LogP contribution >= 0.6 is 23.4 Å². The van der Waals surface area contributed by atoms with Crippen molar-refractivity contribution in [1.29, 1.82) is 0 Å². The molecule has 0 aliphatic heterocycles. The number of hydrazine groups is 1. The molecule has 0 fully saturated rings. The Labute approximate surface area is 136 Å². The lowest BCUT2D eigenvalue weighted by Crippen LogP contribution is -2.30.